The van der Waals surface area contributed by atoms with Crippen LogP contribution >= 0.6 is 34.7 Å². The average Bonchev–Trinajstić information content (AvgIpc) is 3.16. The second kappa shape index (κ2) is 9.20. The normalized spacial score (nSPS) is 15.3. The number of carbonyl (C=O) groups excluding carboxylic acids is 2. The molecule has 0 radical (unpaired) electrons. The first-order valence-corrected chi connectivity index (χ1v) is 12.0. The Kier molecular flexibility index (Phi) is 6.41. The third-order valence-electron chi connectivity index (χ3n) is 4.96. The minimum Gasteiger partial charge on any atom is -0.324 e. The van der Waals surface area contributed by atoms with E-state index in [0.717, 1.165) is 40.4 Å². The first-order chi connectivity index (χ1) is 14.5. The number of thiazole rings is 1. The highest BCUT2D eigenvalue weighted by molar-refractivity contribution is 7.98. The van der Waals surface area contributed by atoms with E-state index in [2.05, 4.69) is 15.6 Å². The van der Waals surface area contributed by atoms with E-state index in [-0.39, 0.29) is 17.7 Å². The number of halogens is 1. The van der Waals surface area contributed by atoms with E-state index >= 15 is 0 Å². The number of fused-ring (bicyclic) bond motifs is 1. The van der Waals surface area contributed by atoms with Crippen molar-refractivity contribution in [1.29, 1.82) is 0 Å². The van der Waals surface area contributed by atoms with Crippen molar-refractivity contribution < 1.29 is 9.59 Å². The maximum Gasteiger partial charge on any atom is 0.257 e. The Labute approximate surface area is 188 Å². The molecule has 1 aromatic heterocycles. The molecule has 2 aromatic carbocycles. The van der Waals surface area contributed by atoms with Gasteiger partial charge in [-0.05, 0) is 61.9 Å². The van der Waals surface area contributed by atoms with E-state index in [1.165, 1.54) is 11.3 Å². The number of thioether (sulfide) groups is 1. The molecule has 1 heterocycles. The lowest BCUT2D eigenvalue weighted by Gasteiger charge is -2.21. The molecule has 8 heteroatoms. The number of para-hydroxylation sites is 1. The van der Waals surface area contributed by atoms with Gasteiger partial charge in [-0.3, -0.25) is 14.9 Å². The van der Waals surface area contributed by atoms with Gasteiger partial charge in [0.25, 0.3) is 5.91 Å². The molecule has 0 saturated carbocycles. The molecule has 5 nitrogen and oxygen atoms in total. The van der Waals surface area contributed by atoms with E-state index in [0.29, 0.717) is 15.7 Å². The van der Waals surface area contributed by atoms with Crippen LogP contribution in [0.25, 0.3) is 0 Å². The number of anilines is 2. The lowest BCUT2D eigenvalue weighted by molar-refractivity contribution is -0.118. The van der Waals surface area contributed by atoms with E-state index in [1.807, 2.05) is 30.5 Å². The van der Waals surface area contributed by atoms with Crippen molar-refractivity contribution >= 4 is 57.3 Å². The smallest absolute Gasteiger partial charge is 0.257 e. The van der Waals surface area contributed by atoms with Crippen molar-refractivity contribution in [2.75, 3.05) is 16.9 Å². The Hall–Kier alpha value is -2.35. The molecule has 0 aliphatic heterocycles. The van der Waals surface area contributed by atoms with Gasteiger partial charge in [0, 0.05) is 20.4 Å². The van der Waals surface area contributed by atoms with Crippen molar-refractivity contribution in [2.45, 2.75) is 30.1 Å². The Morgan fingerprint density at radius 3 is 2.67 bits per heavy atom. The van der Waals surface area contributed by atoms with Crippen molar-refractivity contribution in [3.05, 3.63) is 69.7 Å². The topological polar surface area (TPSA) is 71.1 Å². The number of aromatic nitrogens is 1. The average molecular weight is 458 g/mol. The molecule has 30 heavy (non-hydrogen) atoms. The predicted octanol–water partition coefficient (Wildman–Crippen LogP) is 5.83. The number of hydrogen-bond donors (Lipinski definition) is 2. The van der Waals surface area contributed by atoms with Gasteiger partial charge in [0.05, 0.1) is 17.3 Å². The fourth-order valence-corrected chi connectivity index (χ4v) is 5.21. The molecule has 1 atom stereocenters. The van der Waals surface area contributed by atoms with Gasteiger partial charge in [-0.15, -0.1) is 23.1 Å². The highest BCUT2D eigenvalue weighted by Crippen LogP contribution is 2.38. The van der Waals surface area contributed by atoms with Crippen LogP contribution in [0.3, 0.4) is 0 Å². The van der Waals surface area contributed by atoms with E-state index in [9.17, 15) is 9.59 Å². The van der Waals surface area contributed by atoms with E-state index in [1.54, 1.807) is 36.0 Å². The number of hydrogen-bond acceptors (Lipinski definition) is 5. The summed E-state index contributed by atoms with van der Waals surface area (Å²) < 4.78 is 0. The monoisotopic (exact) mass is 457 g/mol. The third kappa shape index (κ3) is 4.53. The van der Waals surface area contributed by atoms with Crippen LogP contribution < -0.4 is 10.6 Å². The number of amides is 2. The van der Waals surface area contributed by atoms with Crippen LogP contribution in [-0.4, -0.2) is 23.1 Å². The summed E-state index contributed by atoms with van der Waals surface area (Å²) in [6, 6.07) is 14.5. The zero-order chi connectivity index (χ0) is 21.1. The number of aryl methyl sites for hydroxylation is 1. The van der Waals surface area contributed by atoms with Crippen molar-refractivity contribution in [3.63, 3.8) is 0 Å². The SMILES string of the molecule is CSc1ccccc1NC(=O)C1CCCc2sc(NC(=O)c3ccc(Cl)cc3)nc21. The molecule has 0 spiro atoms. The Morgan fingerprint density at radius 1 is 1.13 bits per heavy atom. The molecule has 1 aliphatic rings. The van der Waals surface area contributed by atoms with Crippen LogP contribution in [0.15, 0.2) is 53.4 Å². The van der Waals surface area contributed by atoms with Crippen LogP contribution in [0, 0.1) is 0 Å². The zero-order valence-electron chi connectivity index (χ0n) is 16.3. The summed E-state index contributed by atoms with van der Waals surface area (Å²) >= 11 is 8.93. The van der Waals surface area contributed by atoms with Crippen molar-refractivity contribution in [3.8, 4) is 0 Å². The van der Waals surface area contributed by atoms with Crippen LogP contribution in [0.5, 0.6) is 0 Å². The second-order valence-electron chi connectivity index (χ2n) is 6.92. The van der Waals surface area contributed by atoms with Crippen LogP contribution in [0.1, 0.15) is 39.7 Å². The number of rotatable bonds is 5. The summed E-state index contributed by atoms with van der Waals surface area (Å²) in [6.07, 6.45) is 4.52. The molecule has 2 amide bonds. The molecule has 154 valence electrons. The highest BCUT2D eigenvalue weighted by atomic mass is 35.5. The van der Waals surface area contributed by atoms with Gasteiger partial charge in [0.2, 0.25) is 5.91 Å². The number of carbonyl (C=O) groups is 2. The predicted molar refractivity (Wildman–Crippen MR) is 124 cm³/mol. The largest absolute Gasteiger partial charge is 0.324 e. The minimum absolute atomic E-state index is 0.0571. The van der Waals surface area contributed by atoms with Gasteiger partial charge in [-0.25, -0.2) is 4.98 Å². The van der Waals surface area contributed by atoms with Gasteiger partial charge in [0.15, 0.2) is 5.13 Å². The van der Waals surface area contributed by atoms with Gasteiger partial charge in [-0.2, -0.15) is 0 Å². The van der Waals surface area contributed by atoms with Crippen LogP contribution in [0.4, 0.5) is 10.8 Å². The van der Waals surface area contributed by atoms with Gasteiger partial charge in [-0.1, -0.05) is 23.7 Å². The second-order valence-corrected chi connectivity index (χ2v) is 9.29. The number of nitrogens with one attached hydrogen (secondary N) is 2. The first kappa shape index (κ1) is 20.9. The summed E-state index contributed by atoms with van der Waals surface area (Å²) in [4.78, 5) is 32.2. The zero-order valence-corrected chi connectivity index (χ0v) is 18.7. The lowest BCUT2D eigenvalue weighted by Crippen LogP contribution is -2.25. The number of nitrogens with zero attached hydrogens (tertiary/aromatic N) is 1. The quantitative estimate of drug-likeness (QED) is 0.473. The standard InChI is InChI=1S/C22H20ClN3O2S2/c1-29-17-7-3-2-6-16(17)24-21(28)15-5-4-8-18-19(15)25-22(30-18)26-20(27)13-9-11-14(23)12-10-13/h2-3,6-7,9-12,15H,4-5,8H2,1H3,(H,24,28)(H,25,26,27). The molecular formula is C22H20ClN3O2S2. The Morgan fingerprint density at radius 2 is 1.90 bits per heavy atom. The van der Waals surface area contributed by atoms with E-state index in [4.69, 9.17) is 11.6 Å². The Balaban J connectivity index is 1.51. The molecule has 0 saturated heterocycles. The Bertz CT molecular complexity index is 1080. The van der Waals surface area contributed by atoms with Gasteiger partial charge < -0.3 is 5.32 Å². The molecule has 0 fully saturated rings. The van der Waals surface area contributed by atoms with Crippen LogP contribution in [0.2, 0.25) is 5.02 Å². The van der Waals surface area contributed by atoms with Crippen LogP contribution in [-0.2, 0) is 11.2 Å². The number of benzene rings is 2. The van der Waals surface area contributed by atoms with Gasteiger partial charge in [0.1, 0.15) is 0 Å². The minimum atomic E-state index is -0.318. The fourth-order valence-electron chi connectivity index (χ4n) is 3.47. The first-order valence-electron chi connectivity index (χ1n) is 9.55. The van der Waals surface area contributed by atoms with Crippen molar-refractivity contribution in [1.82, 2.24) is 4.98 Å². The summed E-state index contributed by atoms with van der Waals surface area (Å²) in [6.45, 7) is 0. The summed E-state index contributed by atoms with van der Waals surface area (Å²) in [5, 5.41) is 7.01. The molecule has 1 aliphatic carbocycles. The third-order valence-corrected chi connectivity index (χ3v) is 7.06. The maximum absolute atomic E-state index is 13.0. The van der Waals surface area contributed by atoms with Gasteiger partial charge >= 0.3 is 0 Å². The van der Waals surface area contributed by atoms with E-state index < -0.39 is 0 Å². The molecule has 0 bridgehead atoms. The lowest BCUT2D eigenvalue weighted by atomic mass is 9.90. The molecule has 3 aromatic rings. The summed E-state index contributed by atoms with van der Waals surface area (Å²) in [5.74, 6) is -0.618. The molecule has 2 N–H and O–H groups in total. The molecular weight excluding hydrogens is 438 g/mol. The summed E-state index contributed by atoms with van der Waals surface area (Å²) in [7, 11) is 0. The molecule has 4 rings (SSSR count). The highest BCUT2D eigenvalue weighted by Gasteiger charge is 2.31. The molecule has 1 unspecified atom stereocenters. The maximum atomic E-state index is 13.0. The summed E-state index contributed by atoms with van der Waals surface area (Å²) in [5.41, 5.74) is 2.10. The van der Waals surface area contributed by atoms with Crippen molar-refractivity contribution in [2.24, 2.45) is 0 Å². The fraction of sp³-hybridized carbons (Fsp3) is 0.227.